The summed E-state index contributed by atoms with van der Waals surface area (Å²) in [6.07, 6.45) is 3.08. The van der Waals surface area contributed by atoms with Gasteiger partial charge >= 0.3 is 11.9 Å². The van der Waals surface area contributed by atoms with Crippen LogP contribution in [-0.4, -0.2) is 24.1 Å². The molecule has 0 aromatic heterocycles. The first-order valence-electron chi connectivity index (χ1n) is 7.72. The first-order chi connectivity index (χ1) is 10.5. The zero-order chi connectivity index (χ0) is 15.7. The van der Waals surface area contributed by atoms with Crippen LogP contribution in [0.5, 0.6) is 11.5 Å². The molecule has 3 rings (SSSR count). The molecule has 22 heavy (non-hydrogen) atoms. The largest absolute Gasteiger partial charge is 0.426 e. The summed E-state index contributed by atoms with van der Waals surface area (Å²) in [5.74, 6) is -0.0735. The van der Waals surface area contributed by atoms with Crippen LogP contribution in [0, 0.1) is 11.8 Å². The van der Waals surface area contributed by atoms with Gasteiger partial charge in [-0.25, -0.2) is 0 Å². The van der Waals surface area contributed by atoms with Crippen LogP contribution in [0.3, 0.4) is 0 Å². The first-order valence-corrected chi connectivity index (χ1v) is 7.72. The zero-order valence-electron chi connectivity index (χ0n) is 12.8. The predicted octanol–water partition coefficient (Wildman–Crippen LogP) is 2.72. The molecule has 3 atom stereocenters. The van der Waals surface area contributed by atoms with Crippen molar-refractivity contribution < 1.29 is 23.8 Å². The Bertz CT molecular complexity index is 580. The van der Waals surface area contributed by atoms with Crippen molar-refractivity contribution in [1.29, 1.82) is 0 Å². The number of carbonyl (C=O) groups excluding carboxylic acids is 2. The monoisotopic (exact) mass is 304 g/mol. The summed E-state index contributed by atoms with van der Waals surface area (Å²) in [6.45, 7) is 3.53. The van der Waals surface area contributed by atoms with Gasteiger partial charge in [-0.05, 0) is 31.4 Å². The number of fused-ring (bicyclic) bond motifs is 1. The van der Waals surface area contributed by atoms with Crippen LogP contribution in [0.15, 0.2) is 24.3 Å². The van der Waals surface area contributed by atoms with Crippen molar-refractivity contribution >= 4 is 11.9 Å². The number of benzene rings is 1. The van der Waals surface area contributed by atoms with E-state index in [0.29, 0.717) is 17.6 Å². The number of esters is 2. The second-order valence-corrected chi connectivity index (χ2v) is 6.19. The van der Waals surface area contributed by atoms with Crippen molar-refractivity contribution in [2.24, 2.45) is 11.8 Å². The highest BCUT2D eigenvalue weighted by molar-refractivity contribution is 5.76. The van der Waals surface area contributed by atoms with Crippen molar-refractivity contribution in [3.63, 3.8) is 0 Å². The molecular formula is C17H20O5. The summed E-state index contributed by atoms with van der Waals surface area (Å²) in [7, 11) is 0. The number of hydrogen-bond acceptors (Lipinski definition) is 5. The third-order valence-corrected chi connectivity index (χ3v) is 4.05. The van der Waals surface area contributed by atoms with Gasteiger partial charge in [0.25, 0.3) is 0 Å². The van der Waals surface area contributed by atoms with E-state index in [1.165, 1.54) is 0 Å². The van der Waals surface area contributed by atoms with Crippen molar-refractivity contribution in [1.82, 2.24) is 0 Å². The Hall–Kier alpha value is -1.88. The zero-order valence-corrected chi connectivity index (χ0v) is 12.8. The molecule has 0 amide bonds. The van der Waals surface area contributed by atoms with Crippen molar-refractivity contribution in [3.8, 4) is 11.5 Å². The molecule has 1 heterocycles. The molecule has 0 N–H and O–H groups in total. The average molecular weight is 304 g/mol. The first kappa shape index (κ1) is 15.0. The normalized spacial score (nSPS) is 26.2. The Morgan fingerprint density at radius 2 is 1.86 bits per heavy atom. The molecule has 1 aromatic carbocycles. The van der Waals surface area contributed by atoms with E-state index < -0.39 is 0 Å². The Labute approximate surface area is 129 Å². The third-order valence-electron chi connectivity index (χ3n) is 4.05. The molecule has 2 fully saturated rings. The fourth-order valence-electron chi connectivity index (χ4n) is 2.65. The van der Waals surface area contributed by atoms with E-state index in [2.05, 4.69) is 0 Å². The van der Waals surface area contributed by atoms with E-state index in [4.69, 9.17) is 14.2 Å². The maximum Gasteiger partial charge on any atom is 0.314 e. The highest BCUT2D eigenvalue weighted by atomic mass is 16.6. The van der Waals surface area contributed by atoms with Gasteiger partial charge in [0.05, 0.1) is 24.0 Å². The summed E-state index contributed by atoms with van der Waals surface area (Å²) in [5.41, 5.74) is 0. The molecule has 0 spiro atoms. The summed E-state index contributed by atoms with van der Waals surface area (Å²) < 4.78 is 16.1. The third kappa shape index (κ3) is 3.47. The minimum Gasteiger partial charge on any atom is -0.426 e. The van der Waals surface area contributed by atoms with Crippen LogP contribution in [0.4, 0.5) is 0 Å². The van der Waals surface area contributed by atoms with E-state index in [9.17, 15) is 9.59 Å². The highest BCUT2D eigenvalue weighted by Gasteiger charge is 2.46. The van der Waals surface area contributed by atoms with Gasteiger partial charge in [-0.1, -0.05) is 19.9 Å². The van der Waals surface area contributed by atoms with Gasteiger partial charge in [-0.2, -0.15) is 0 Å². The molecule has 0 radical (unpaired) electrons. The molecule has 1 aliphatic heterocycles. The van der Waals surface area contributed by atoms with Gasteiger partial charge in [-0.15, -0.1) is 0 Å². The highest BCUT2D eigenvalue weighted by Crippen LogP contribution is 2.40. The molecule has 5 heteroatoms. The molecule has 1 saturated carbocycles. The lowest BCUT2D eigenvalue weighted by molar-refractivity contribution is -0.139. The standard InChI is InChI=1S/C17H20O5/c1-10(2)16(18)20-12-4-3-5-13(9-12)21-17(19)11-6-7-14-15(8-11)22-14/h3-5,9-11,14-15H,6-8H2,1-2H3. The molecule has 1 aliphatic carbocycles. The second-order valence-electron chi connectivity index (χ2n) is 6.19. The van der Waals surface area contributed by atoms with Gasteiger partial charge in [0.15, 0.2) is 0 Å². The van der Waals surface area contributed by atoms with Gasteiger partial charge < -0.3 is 14.2 Å². The quantitative estimate of drug-likeness (QED) is 0.486. The fourth-order valence-corrected chi connectivity index (χ4v) is 2.65. The SMILES string of the molecule is CC(C)C(=O)Oc1cccc(OC(=O)C2CCC3OC3C2)c1. The van der Waals surface area contributed by atoms with Gasteiger partial charge in [0.2, 0.25) is 0 Å². The van der Waals surface area contributed by atoms with E-state index in [1.54, 1.807) is 38.1 Å². The maximum absolute atomic E-state index is 12.2. The Morgan fingerprint density at radius 3 is 2.55 bits per heavy atom. The number of carbonyl (C=O) groups is 2. The smallest absolute Gasteiger partial charge is 0.314 e. The molecule has 1 aromatic rings. The molecule has 1 saturated heterocycles. The van der Waals surface area contributed by atoms with Gasteiger partial charge in [-0.3, -0.25) is 9.59 Å². The molecule has 118 valence electrons. The van der Waals surface area contributed by atoms with Crippen LogP contribution in [0.25, 0.3) is 0 Å². The predicted molar refractivity (Wildman–Crippen MR) is 78.6 cm³/mol. The van der Waals surface area contributed by atoms with E-state index in [0.717, 1.165) is 19.3 Å². The number of hydrogen-bond donors (Lipinski definition) is 0. The number of rotatable bonds is 4. The van der Waals surface area contributed by atoms with Crippen LogP contribution < -0.4 is 9.47 Å². The van der Waals surface area contributed by atoms with Crippen LogP contribution in [0.2, 0.25) is 0 Å². The van der Waals surface area contributed by atoms with E-state index in [1.807, 2.05) is 0 Å². The molecule has 2 aliphatic rings. The lowest BCUT2D eigenvalue weighted by Crippen LogP contribution is -2.25. The second kappa shape index (κ2) is 6.08. The lowest BCUT2D eigenvalue weighted by atomic mass is 9.89. The minimum absolute atomic E-state index is 0.106. The van der Waals surface area contributed by atoms with Crippen molar-refractivity contribution in [3.05, 3.63) is 24.3 Å². The van der Waals surface area contributed by atoms with E-state index >= 15 is 0 Å². The molecular weight excluding hydrogens is 284 g/mol. The maximum atomic E-state index is 12.2. The summed E-state index contributed by atoms with van der Waals surface area (Å²) in [4.78, 5) is 23.8. The molecule has 3 unspecified atom stereocenters. The van der Waals surface area contributed by atoms with Crippen LogP contribution in [0.1, 0.15) is 33.1 Å². The number of epoxide rings is 1. The molecule has 0 bridgehead atoms. The Morgan fingerprint density at radius 1 is 1.14 bits per heavy atom. The minimum atomic E-state index is -0.312. The summed E-state index contributed by atoms with van der Waals surface area (Å²) in [6, 6.07) is 6.62. The van der Waals surface area contributed by atoms with Crippen molar-refractivity contribution in [2.45, 2.75) is 45.3 Å². The van der Waals surface area contributed by atoms with Gasteiger partial charge in [0, 0.05) is 6.07 Å². The molecule has 5 nitrogen and oxygen atoms in total. The lowest BCUT2D eigenvalue weighted by Gasteiger charge is -2.17. The van der Waals surface area contributed by atoms with E-state index in [-0.39, 0.29) is 29.9 Å². The van der Waals surface area contributed by atoms with Crippen LogP contribution >= 0.6 is 0 Å². The van der Waals surface area contributed by atoms with Gasteiger partial charge in [0.1, 0.15) is 11.5 Å². The van der Waals surface area contributed by atoms with Crippen LogP contribution in [-0.2, 0) is 14.3 Å². The topological polar surface area (TPSA) is 65.1 Å². The van der Waals surface area contributed by atoms with Crippen molar-refractivity contribution in [2.75, 3.05) is 0 Å². The Kier molecular flexibility index (Phi) is 4.16. The summed E-state index contributed by atoms with van der Waals surface area (Å²) >= 11 is 0. The average Bonchev–Trinajstić information content (AvgIpc) is 3.25. The number of ether oxygens (including phenoxy) is 3. The summed E-state index contributed by atoms with van der Waals surface area (Å²) in [5, 5.41) is 0. The Balaban J connectivity index is 1.59. The fraction of sp³-hybridized carbons (Fsp3) is 0.529.